The molecule has 0 amide bonds. The summed E-state index contributed by atoms with van der Waals surface area (Å²) in [4.78, 5) is 24.4. The first kappa shape index (κ1) is 18.0. The van der Waals surface area contributed by atoms with E-state index in [4.69, 9.17) is 26.7 Å². The normalized spacial score (nSPS) is 14.9. The fourth-order valence-corrected chi connectivity index (χ4v) is 3.23. The highest BCUT2D eigenvalue weighted by atomic mass is 35.5. The lowest BCUT2D eigenvalue weighted by molar-refractivity contribution is -0.142. The minimum Gasteiger partial charge on any atom is -0.481 e. The molecule has 0 radical (unpaired) electrons. The smallest absolute Gasteiger partial charge is 0.306 e. The lowest BCUT2D eigenvalue weighted by Crippen LogP contribution is -2.36. The number of carboxylic acid groups (broad SMARTS) is 1. The number of hydrogen-bond acceptors (Lipinski definition) is 6. The Kier molecular flexibility index (Phi) is 5.29. The molecule has 0 bridgehead atoms. The number of azide groups is 1. The minimum atomic E-state index is -0.788. The Balaban J connectivity index is 1.95. The third kappa shape index (κ3) is 3.44. The number of oxazole rings is 1. The zero-order chi connectivity index (χ0) is 18.7. The van der Waals surface area contributed by atoms with Crippen molar-refractivity contribution < 1.29 is 14.3 Å². The van der Waals surface area contributed by atoms with Crippen LogP contribution in [0.4, 0.5) is 11.5 Å². The zero-order valence-corrected chi connectivity index (χ0v) is 14.8. The van der Waals surface area contributed by atoms with E-state index in [0.29, 0.717) is 49.5 Å². The van der Waals surface area contributed by atoms with Gasteiger partial charge >= 0.3 is 5.97 Å². The van der Waals surface area contributed by atoms with Crippen molar-refractivity contribution in [2.45, 2.75) is 26.2 Å². The average molecular weight is 377 g/mol. The van der Waals surface area contributed by atoms with Crippen LogP contribution < -0.4 is 4.90 Å². The second-order valence-corrected chi connectivity index (χ2v) is 6.31. The molecule has 1 aliphatic heterocycles. The second kappa shape index (κ2) is 7.63. The number of aryl methyl sites for hydroxylation is 1. The molecule has 0 saturated carbocycles. The number of carbonyl (C=O) groups is 1. The van der Waals surface area contributed by atoms with Crippen LogP contribution in [0.1, 0.15) is 25.5 Å². The Morgan fingerprint density at radius 2 is 2.19 bits per heavy atom. The van der Waals surface area contributed by atoms with E-state index in [-0.39, 0.29) is 22.5 Å². The van der Waals surface area contributed by atoms with Crippen LogP contribution in [-0.4, -0.2) is 34.1 Å². The molecular formula is C16H17ClN6O3. The average Bonchev–Trinajstić information content (AvgIpc) is 3.12. The number of carboxylic acids is 1. The van der Waals surface area contributed by atoms with Crippen LogP contribution >= 0.6 is 11.6 Å². The van der Waals surface area contributed by atoms with Crippen molar-refractivity contribution in [3.8, 4) is 11.5 Å². The molecule has 136 valence electrons. The van der Waals surface area contributed by atoms with Gasteiger partial charge in [0.05, 0.1) is 28.4 Å². The molecule has 9 nitrogen and oxygen atoms in total. The van der Waals surface area contributed by atoms with Crippen molar-refractivity contribution >= 4 is 29.1 Å². The van der Waals surface area contributed by atoms with Crippen molar-refractivity contribution in [1.29, 1.82) is 0 Å². The van der Waals surface area contributed by atoms with Gasteiger partial charge in [-0.05, 0) is 18.4 Å². The number of aromatic nitrogens is 2. The molecule has 2 aromatic rings. The molecule has 0 spiro atoms. The van der Waals surface area contributed by atoms with Crippen molar-refractivity contribution in [2.75, 3.05) is 18.0 Å². The van der Waals surface area contributed by atoms with E-state index in [1.165, 1.54) is 6.20 Å². The number of rotatable bonds is 5. The Bertz CT molecular complexity index is 869. The van der Waals surface area contributed by atoms with E-state index in [0.717, 1.165) is 0 Å². The van der Waals surface area contributed by atoms with Gasteiger partial charge in [0, 0.05) is 30.6 Å². The molecule has 0 unspecified atom stereocenters. The van der Waals surface area contributed by atoms with Gasteiger partial charge in [0.15, 0.2) is 0 Å². The first-order valence-corrected chi connectivity index (χ1v) is 8.59. The van der Waals surface area contributed by atoms with Crippen LogP contribution in [0.25, 0.3) is 21.9 Å². The maximum absolute atomic E-state index is 11.1. The van der Waals surface area contributed by atoms with Crippen molar-refractivity contribution in [3.05, 3.63) is 33.6 Å². The Morgan fingerprint density at radius 1 is 1.46 bits per heavy atom. The Morgan fingerprint density at radius 3 is 2.77 bits per heavy atom. The molecule has 0 aromatic carbocycles. The molecule has 3 heterocycles. The van der Waals surface area contributed by atoms with Gasteiger partial charge in [-0.2, -0.15) is 0 Å². The number of piperidine rings is 1. The van der Waals surface area contributed by atoms with Crippen molar-refractivity contribution in [1.82, 2.24) is 9.97 Å². The first-order chi connectivity index (χ1) is 12.5. The molecular weight excluding hydrogens is 360 g/mol. The van der Waals surface area contributed by atoms with Crippen LogP contribution in [-0.2, 0) is 11.2 Å². The van der Waals surface area contributed by atoms with Crippen molar-refractivity contribution in [2.24, 2.45) is 11.0 Å². The minimum absolute atomic E-state index is 0.198. The summed E-state index contributed by atoms with van der Waals surface area (Å²) in [5.41, 5.74) is 9.53. The van der Waals surface area contributed by atoms with Gasteiger partial charge in [-0.1, -0.05) is 23.6 Å². The van der Waals surface area contributed by atoms with Gasteiger partial charge in [-0.15, -0.1) is 0 Å². The molecule has 1 fully saturated rings. The standard InChI is InChI=1S/C16H17ClN6O3/c1-2-10-7-20-15(26-10)11-8-19-14(12(17)13(11)21-22-18)23-5-3-9(4-6-23)16(24)25/h7-9H,2-6H2,1H3,(H,24,25). The topological polar surface area (TPSA) is 128 Å². The fourth-order valence-electron chi connectivity index (χ4n) is 2.92. The Labute approximate surface area is 154 Å². The van der Waals surface area contributed by atoms with E-state index in [9.17, 15) is 4.79 Å². The zero-order valence-electron chi connectivity index (χ0n) is 14.1. The number of halogens is 1. The van der Waals surface area contributed by atoms with Gasteiger partial charge in [-0.3, -0.25) is 4.79 Å². The summed E-state index contributed by atoms with van der Waals surface area (Å²) in [6, 6.07) is 0. The van der Waals surface area contributed by atoms with E-state index in [1.54, 1.807) is 6.20 Å². The summed E-state index contributed by atoms with van der Waals surface area (Å²) < 4.78 is 5.61. The van der Waals surface area contributed by atoms with Crippen LogP contribution in [0.3, 0.4) is 0 Å². The van der Waals surface area contributed by atoms with Crippen LogP contribution in [0, 0.1) is 5.92 Å². The summed E-state index contributed by atoms with van der Waals surface area (Å²) in [6.07, 6.45) is 4.81. The molecule has 0 atom stereocenters. The molecule has 10 heteroatoms. The maximum Gasteiger partial charge on any atom is 0.306 e. The van der Waals surface area contributed by atoms with Crippen LogP contribution in [0.5, 0.6) is 0 Å². The molecule has 1 aliphatic rings. The van der Waals surface area contributed by atoms with Crippen molar-refractivity contribution in [3.63, 3.8) is 0 Å². The third-order valence-electron chi connectivity index (χ3n) is 4.40. The van der Waals surface area contributed by atoms with Gasteiger partial charge < -0.3 is 14.4 Å². The number of nitrogens with zero attached hydrogens (tertiary/aromatic N) is 6. The highest BCUT2D eigenvalue weighted by Crippen LogP contribution is 2.41. The quantitative estimate of drug-likeness (QED) is 0.473. The summed E-state index contributed by atoms with van der Waals surface area (Å²) in [5, 5.41) is 13.0. The maximum atomic E-state index is 11.1. The summed E-state index contributed by atoms with van der Waals surface area (Å²) in [5.74, 6) is 0.298. The summed E-state index contributed by atoms with van der Waals surface area (Å²) in [7, 11) is 0. The third-order valence-corrected chi connectivity index (χ3v) is 4.74. The SMILES string of the molecule is CCc1cnc(-c2cnc(N3CCC(C(=O)O)CC3)c(Cl)c2N=[N+]=[N-])o1. The van der Waals surface area contributed by atoms with Gasteiger partial charge in [0.1, 0.15) is 11.6 Å². The predicted octanol–water partition coefficient (Wildman–Crippen LogP) is 4.20. The first-order valence-electron chi connectivity index (χ1n) is 8.21. The number of anilines is 1. The molecule has 3 rings (SSSR count). The molecule has 1 N–H and O–H groups in total. The Hall–Kier alpha value is -2.77. The number of hydrogen-bond donors (Lipinski definition) is 1. The molecule has 0 aliphatic carbocycles. The molecule has 26 heavy (non-hydrogen) atoms. The lowest BCUT2D eigenvalue weighted by atomic mass is 9.97. The van der Waals surface area contributed by atoms with Crippen LogP contribution in [0.2, 0.25) is 5.02 Å². The van der Waals surface area contributed by atoms with Crippen LogP contribution in [0.15, 0.2) is 21.9 Å². The van der Waals surface area contributed by atoms with E-state index in [2.05, 4.69) is 20.0 Å². The second-order valence-electron chi connectivity index (χ2n) is 5.93. The van der Waals surface area contributed by atoms with Gasteiger partial charge in [0.2, 0.25) is 5.89 Å². The highest BCUT2D eigenvalue weighted by molar-refractivity contribution is 6.36. The monoisotopic (exact) mass is 376 g/mol. The number of aliphatic carboxylic acids is 1. The number of pyridine rings is 1. The lowest BCUT2D eigenvalue weighted by Gasteiger charge is -2.31. The van der Waals surface area contributed by atoms with Gasteiger partial charge in [-0.25, -0.2) is 9.97 Å². The largest absolute Gasteiger partial charge is 0.481 e. The predicted molar refractivity (Wildman–Crippen MR) is 95.5 cm³/mol. The van der Waals surface area contributed by atoms with E-state index in [1.807, 2.05) is 11.8 Å². The van der Waals surface area contributed by atoms with E-state index >= 15 is 0 Å². The molecule has 1 saturated heterocycles. The fraction of sp³-hybridized carbons (Fsp3) is 0.438. The van der Waals surface area contributed by atoms with E-state index < -0.39 is 5.97 Å². The van der Waals surface area contributed by atoms with Gasteiger partial charge in [0.25, 0.3) is 0 Å². The summed E-state index contributed by atoms with van der Waals surface area (Å²) in [6.45, 7) is 2.96. The molecule has 2 aromatic heterocycles. The summed E-state index contributed by atoms with van der Waals surface area (Å²) >= 11 is 6.46. The highest BCUT2D eigenvalue weighted by Gasteiger charge is 2.27.